The summed E-state index contributed by atoms with van der Waals surface area (Å²) in [5, 5.41) is 3.83. The summed E-state index contributed by atoms with van der Waals surface area (Å²) in [6, 6.07) is 31.3. The summed E-state index contributed by atoms with van der Waals surface area (Å²) >= 11 is 1.54. The molecule has 0 aliphatic carbocycles. The molecule has 0 saturated carbocycles. The first-order chi connectivity index (χ1) is 31.9. The standard InChI is InChI=1S/C51H50N8O6S/c1-6-64-48(60)24-16-39-14-20-43(35-8-12-38(13-9-35)57-27-26-53-34(57)5)58(39)41-19-11-37(29-33(41)4)51(63)55-46-30-56(31-54-46)47-23-22-45(66-47)44-21-15-40(17-25-49(61)65-7-2)59(44)42-18-10-36(50(52)62)28-32(42)3/h8-15,18-23,26-31H,6-7,16-17,24-25H2,1-5H3,(H2,52,62)(H,55,63). The molecule has 0 atom stereocenters. The number of imidazole rings is 2. The van der Waals surface area contributed by atoms with Crippen molar-refractivity contribution in [3.63, 3.8) is 0 Å². The zero-order valence-electron chi connectivity index (χ0n) is 37.4. The maximum Gasteiger partial charge on any atom is 0.306 e. The molecule has 0 unspecified atom stereocenters. The molecule has 3 aromatic carbocycles. The lowest BCUT2D eigenvalue weighted by molar-refractivity contribution is -0.144. The quantitative estimate of drug-likeness (QED) is 0.0852. The molecule has 0 saturated heterocycles. The van der Waals surface area contributed by atoms with Crippen molar-refractivity contribution < 1.29 is 28.7 Å². The Bertz CT molecular complexity index is 3080. The van der Waals surface area contributed by atoms with Crippen LogP contribution >= 0.6 is 11.3 Å². The highest BCUT2D eigenvalue weighted by Crippen LogP contribution is 2.36. The molecule has 0 aliphatic heterocycles. The maximum absolute atomic E-state index is 13.8. The monoisotopic (exact) mass is 902 g/mol. The zero-order chi connectivity index (χ0) is 46.5. The van der Waals surface area contributed by atoms with E-state index in [2.05, 4.69) is 54.8 Å². The zero-order valence-corrected chi connectivity index (χ0v) is 38.2. The summed E-state index contributed by atoms with van der Waals surface area (Å²) in [7, 11) is 0. The van der Waals surface area contributed by atoms with Gasteiger partial charge in [0.2, 0.25) is 5.91 Å². The fourth-order valence-electron chi connectivity index (χ4n) is 8.11. The molecule has 14 nitrogen and oxygen atoms in total. The molecule has 5 aromatic heterocycles. The molecule has 336 valence electrons. The number of amides is 2. The molecule has 5 heterocycles. The van der Waals surface area contributed by atoms with E-state index in [1.54, 1.807) is 50.8 Å². The second-order valence-electron chi connectivity index (χ2n) is 15.7. The number of nitrogens with one attached hydrogen (secondary N) is 1. The average Bonchev–Trinajstić information content (AvgIpc) is 4.17. The van der Waals surface area contributed by atoms with Gasteiger partial charge in [-0.3, -0.25) is 23.7 Å². The van der Waals surface area contributed by atoms with E-state index in [0.717, 1.165) is 72.2 Å². The molecule has 3 N–H and O–H groups in total. The van der Waals surface area contributed by atoms with Crippen LogP contribution in [-0.4, -0.2) is 65.2 Å². The minimum Gasteiger partial charge on any atom is -0.466 e. The van der Waals surface area contributed by atoms with Crippen molar-refractivity contribution in [2.24, 2.45) is 5.73 Å². The van der Waals surface area contributed by atoms with E-state index in [-0.39, 0.29) is 30.7 Å². The number of carbonyl (C=O) groups is 4. The predicted molar refractivity (Wildman–Crippen MR) is 255 cm³/mol. The van der Waals surface area contributed by atoms with Gasteiger partial charge < -0.3 is 34.2 Å². The van der Waals surface area contributed by atoms with Crippen LogP contribution in [0, 0.1) is 20.8 Å². The van der Waals surface area contributed by atoms with Crippen molar-refractivity contribution >= 4 is 40.9 Å². The molecule has 0 bridgehead atoms. The Balaban J connectivity index is 1.02. The number of hydrogen-bond donors (Lipinski definition) is 2. The van der Waals surface area contributed by atoms with E-state index in [4.69, 9.17) is 15.2 Å². The van der Waals surface area contributed by atoms with Gasteiger partial charge in [0.15, 0.2) is 5.82 Å². The van der Waals surface area contributed by atoms with Gasteiger partial charge in [0.25, 0.3) is 5.91 Å². The van der Waals surface area contributed by atoms with Crippen LogP contribution < -0.4 is 11.1 Å². The molecule has 0 radical (unpaired) electrons. The van der Waals surface area contributed by atoms with Crippen molar-refractivity contribution in [1.29, 1.82) is 0 Å². The fraction of sp³-hybridized carbons (Fsp3) is 0.216. The maximum atomic E-state index is 13.8. The largest absolute Gasteiger partial charge is 0.466 e. The van der Waals surface area contributed by atoms with Gasteiger partial charge in [-0.1, -0.05) is 12.1 Å². The Kier molecular flexibility index (Phi) is 13.3. The van der Waals surface area contributed by atoms with Gasteiger partial charge in [-0.05, 0) is 149 Å². The lowest BCUT2D eigenvalue weighted by atomic mass is 10.1. The number of aryl methyl sites for hydroxylation is 5. The number of hydrogen-bond acceptors (Lipinski definition) is 9. The number of ether oxygens (including phenoxy) is 2. The van der Waals surface area contributed by atoms with Crippen molar-refractivity contribution in [2.75, 3.05) is 18.5 Å². The van der Waals surface area contributed by atoms with Gasteiger partial charge in [0.1, 0.15) is 17.2 Å². The summed E-state index contributed by atoms with van der Waals surface area (Å²) in [5.74, 6) is -0.0732. The molecular formula is C51H50N8O6S. The van der Waals surface area contributed by atoms with E-state index >= 15 is 0 Å². The van der Waals surface area contributed by atoms with Gasteiger partial charge in [0.05, 0.1) is 48.5 Å². The van der Waals surface area contributed by atoms with Crippen molar-refractivity contribution in [3.05, 3.63) is 161 Å². The number of carbonyl (C=O) groups excluding carboxylic acids is 4. The second-order valence-corrected chi connectivity index (χ2v) is 16.8. The summed E-state index contributed by atoms with van der Waals surface area (Å²) in [5.41, 5.74) is 15.6. The van der Waals surface area contributed by atoms with Crippen LogP contribution in [0.4, 0.5) is 5.82 Å². The van der Waals surface area contributed by atoms with E-state index < -0.39 is 5.91 Å². The summed E-state index contributed by atoms with van der Waals surface area (Å²) in [4.78, 5) is 60.3. The molecular weight excluding hydrogens is 853 g/mol. The van der Waals surface area contributed by atoms with Crippen molar-refractivity contribution in [3.8, 4) is 43.9 Å². The molecule has 0 spiro atoms. The highest BCUT2D eigenvalue weighted by molar-refractivity contribution is 7.17. The van der Waals surface area contributed by atoms with Crippen molar-refractivity contribution in [2.45, 2.75) is 60.3 Å². The molecule has 0 aliphatic rings. The van der Waals surface area contributed by atoms with Crippen LogP contribution in [0.25, 0.3) is 43.9 Å². The molecule has 15 heteroatoms. The number of nitrogens with zero attached hydrogens (tertiary/aromatic N) is 6. The Hall–Kier alpha value is -7.78. The number of thiophene rings is 1. The number of esters is 2. The SMILES string of the molecule is CCOC(=O)CCc1ccc(-c2ccc(-n3ccnc3C)cc2)n1-c1ccc(C(=O)Nc2cn(-c3ccc(-c4ccc(CCC(=O)OCC)n4-c4ccc(C(N)=O)cc4C)s3)cn2)cc1C. The third-order valence-electron chi connectivity index (χ3n) is 11.3. The smallest absolute Gasteiger partial charge is 0.306 e. The highest BCUT2D eigenvalue weighted by Gasteiger charge is 2.20. The number of rotatable bonds is 17. The third-order valence-corrected chi connectivity index (χ3v) is 12.4. The molecule has 0 fully saturated rings. The minimum absolute atomic E-state index is 0.218. The van der Waals surface area contributed by atoms with Crippen LogP contribution in [-0.2, 0) is 31.9 Å². The molecule has 8 rings (SSSR count). The number of nitrogens with two attached hydrogens (primary N) is 1. The van der Waals surface area contributed by atoms with Crippen LogP contribution in [0.2, 0.25) is 0 Å². The normalized spacial score (nSPS) is 11.2. The number of anilines is 1. The van der Waals surface area contributed by atoms with E-state index in [1.165, 1.54) is 11.3 Å². The Morgan fingerprint density at radius 3 is 1.89 bits per heavy atom. The Labute approximate surface area is 386 Å². The van der Waals surface area contributed by atoms with Gasteiger partial charge >= 0.3 is 11.9 Å². The summed E-state index contributed by atoms with van der Waals surface area (Å²) in [6.45, 7) is 10.1. The van der Waals surface area contributed by atoms with Crippen molar-refractivity contribution in [1.82, 2.24) is 28.2 Å². The number of benzene rings is 3. The first-order valence-corrected chi connectivity index (χ1v) is 22.5. The minimum atomic E-state index is -0.507. The highest BCUT2D eigenvalue weighted by atomic mass is 32.1. The summed E-state index contributed by atoms with van der Waals surface area (Å²) in [6.07, 6.45) is 8.51. The van der Waals surface area contributed by atoms with Crippen LogP contribution in [0.1, 0.15) is 75.7 Å². The van der Waals surface area contributed by atoms with E-state index in [1.807, 2.05) is 84.6 Å². The Morgan fingerprint density at radius 1 is 0.697 bits per heavy atom. The number of aromatic nitrogens is 6. The first-order valence-electron chi connectivity index (χ1n) is 21.7. The molecule has 8 aromatic rings. The second kappa shape index (κ2) is 19.5. The number of primary amides is 1. The predicted octanol–water partition coefficient (Wildman–Crippen LogP) is 9.30. The average molecular weight is 903 g/mol. The Morgan fingerprint density at radius 2 is 1.30 bits per heavy atom. The summed E-state index contributed by atoms with van der Waals surface area (Å²) < 4.78 is 18.6. The molecule has 66 heavy (non-hydrogen) atoms. The van der Waals surface area contributed by atoms with E-state index in [0.29, 0.717) is 43.0 Å². The van der Waals surface area contributed by atoms with Gasteiger partial charge in [0, 0.05) is 52.0 Å². The van der Waals surface area contributed by atoms with Gasteiger partial charge in [-0.25, -0.2) is 9.97 Å². The van der Waals surface area contributed by atoms with Gasteiger partial charge in [-0.15, -0.1) is 11.3 Å². The third kappa shape index (κ3) is 9.52. The first kappa shape index (κ1) is 44.8. The topological polar surface area (TPSA) is 170 Å². The molecule has 2 amide bonds. The van der Waals surface area contributed by atoms with Gasteiger partial charge in [-0.2, -0.15) is 0 Å². The lowest BCUT2D eigenvalue weighted by Crippen LogP contribution is -2.13. The van der Waals surface area contributed by atoms with Crippen LogP contribution in [0.5, 0.6) is 0 Å². The van der Waals surface area contributed by atoms with Crippen LogP contribution in [0.3, 0.4) is 0 Å². The van der Waals surface area contributed by atoms with Crippen LogP contribution in [0.15, 0.2) is 122 Å². The van der Waals surface area contributed by atoms with E-state index in [9.17, 15) is 19.2 Å². The lowest BCUT2D eigenvalue weighted by Gasteiger charge is -2.17. The fourth-order valence-corrected chi connectivity index (χ4v) is 9.08.